The van der Waals surface area contributed by atoms with Crippen molar-refractivity contribution < 1.29 is 9.18 Å². The lowest BCUT2D eigenvalue weighted by molar-refractivity contribution is 0.293. The fourth-order valence-electron chi connectivity index (χ4n) is 3.60. The zero-order valence-electron chi connectivity index (χ0n) is 12.6. The molecule has 22 heavy (non-hydrogen) atoms. The van der Waals surface area contributed by atoms with E-state index in [9.17, 15) is 9.18 Å². The van der Waals surface area contributed by atoms with Crippen molar-refractivity contribution in [2.45, 2.75) is 44.6 Å². The van der Waals surface area contributed by atoms with Crippen molar-refractivity contribution in [2.24, 2.45) is 10.9 Å². The Morgan fingerprint density at radius 1 is 1.27 bits per heavy atom. The first-order chi connectivity index (χ1) is 10.7. The Bertz CT molecular complexity index is 716. The van der Waals surface area contributed by atoms with Crippen molar-refractivity contribution in [3.8, 4) is 0 Å². The first-order valence-corrected chi connectivity index (χ1v) is 7.80. The number of aliphatic imine (C=N–C) groups is 1. The van der Waals surface area contributed by atoms with Gasteiger partial charge < -0.3 is 0 Å². The number of aromatic nitrogens is 1. The number of halogens is 1. The molecule has 3 rings (SSSR count). The average molecular weight is 298 g/mol. The average Bonchev–Trinajstić information content (AvgIpc) is 2.54. The predicted octanol–water partition coefficient (Wildman–Crippen LogP) is 4.37. The Morgan fingerprint density at radius 2 is 2.05 bits per heavy atom. The molecule has 1 aliphatic rings. The molecule has 1 atom stereocenters. The highest BCUT2D eigenvalue weighted by Gasteiger charge is 2.26. The van der Waals surface area contributed by atoms with E-state index >= 15 is 0 Å². The summed E-state index contributed by atoms with van der Waals surface area (Å²) >= 11 is 0. The van der Waals surface area contributed by atoms with Gasteiger partial charge in [-0.25, -0.2) is 14.2 Å². The predicted molar refractivity (Wildman–Crippen MR) is 84.0 cm³/mol. The summed E-state index contributed by atoms with van der Waals surface area (Å²) in [5.41, 5.74) is 2.04. The monoisotopic (exact) mass is 298 g/mol. The van der Waals surface area contributed by atoms with Crippen LogP contribution in [0.25, 0.3) is 10.9 Å². The van der Waals surface area contributed by atoms with Crippen molar-refractivity contribution in [3.05, 3.63) is 41.8 Å². The van der Waals surface area contributed by atoms with Gasteiger partial charge in [0.2, 0.25) is 6.08 Å². The summed E-state index contributed by atoms with van der Waals surface area (Å²) in [5.74, 6) is 0.655. The fraction of sp³-hybridized carbons (Fsp3) is 0.444. The largest absolute Gasteiger partial charge is 0.256 e. The molecule has 0 aliphatic heterocycles. The van der Waals surface area contributed by atoms with Crippen molar-refractivity contribution in [1.29, 1.82) is 0 Å². The number of benzene rings is 1. The molecule has 2 aromatic rings. The van der Waals surface area contributed by atoms with E-state index in [1.54, 1.807) is 24.4 Å². The van der Waals surface area contributed by atoms with Crippen molar-refractivity contribution in [1.82, 2.24) is 4.98 Å². The van der Waals surface area contributed by atoms with Gasteiger partial charge in [-0.3, -0.25) is 4.98 Å². The standard InChI is InChI=1S/C18H19FN2O/c1-12(21-11-22)13-2-4-14(5-3-13)16-8-9-20-18-7-6-15(19)10-17(16)18/h6-10,12-14H,2-5H2,1H3/t12-,13?,14?/m1/s1. The molecule has 1 saturated carbocycles. The lowest BCUT2D eigenvalue weighted by atomic mass is 9.76. The van der Waals surface area contributed by atoms with Crippen LogP contribution in [0.4, 0.5) is 4.39 Å². The second-order valence-corrected chi connectivity index (χ2v) is 6.13. The summed E-state index contributed by atoms with van der Waals surface area (Å²) in [6.45, 7) is 1.98. The fourth-order valence-corrected chi connectivity index (χ4v) is 3.60. The van der Waals surface area contributed by atoms with Gasteiger partial charge in [-0.2, -0.15) is 0 Å². The van der Waals surface area contributed by atoms with E-state index in [4.69, 9.17) is 0 Å². The summed E-state index contributed by atoms with van der Waals surface area (Å²) in [5, 5.41) is 0.921. The minimum atomic E-state index is -0.218. The summed E-state index contributed by atoms with van der Waals surface area (Å²) in [4.78, 5) is 18.6. The van der Waals surface area contributed by atoms with Crippen LogP contribution in [0, 0.1) is 11.7 Å². The summed E-state index contributed by atoms with van der Waals surface area (Å²) in [6, 6.07) is 6.84. The molecular weight excluding hydrogens is 279 g/mol. The molecule has 4 heteroatoms. The highest BCUT2D eigenvalue weighted by molar-refractivity contribution is 5.82. The van der Waals surface area contributed by atoms with Crippen LogP contribution in [0.3, 0.4) is 0 Å². The number of carbonyl (C=O) groups excluding carboxylic acids is 1. The maximum atomic E-state index is 13.6. The van der Waals surface area contributed by atoms with Gasteiger partial charge >= 0.3 is 0 Å². The van der Waals surface area contributed by atoms with Crippen LogP contribution < -0.4 is 0 Å². The van der Waals surface area contributed by atoms with Crippen molar-refractivity contribution in [3.63, 3.8) is 0 Å². The number of rotatable bonds is 3. The van der Waals surface area contributed by atoms with Gasteiger partial charge in [0.25, 0.3) is 0 Å². The zero-order chi connectivity index (χ0) is 15.5. The molecule has 0 saturated heterocycles. The molecule has 0 radical (unpaired) electrons. The first-order valence-electron chi connectivity index (χ1n) is 7.80. The van der Waals surface area contributed by atoms with E-state index in [2.05, 4.69) is 9.98 Å². The molecule has 0 amide bonds. The van der Waals surface area contributed by atoms with Gasteiger partial charge in [-0.1, -0.05) is 0 Å². The van der Waals surface area contributed by atoms with Crippen LogP contribution in [-0.4, -0.2) is 17.1 Å². The summed E-state index contributed by atoms with van der Waals surface area (Å²) in [7, 11) is 0. The molecule has 1 aromatic carbocycles. The quantitative estimate of drug-likeness (QED) is 0.623. The second-order valence-electron chi connectivity index (χ2n) is 6.13. The van der Waals surface area contributed by atoms with Gasteiger partial charge in [0.1, 0.15) is 5.82 Å². The maximum Gasteiger partial charge on any atom is 0.235 e. The van der Waals surface area contributed by atoms with Crippen LogP contribution in [0.15, 0.2) is 35.5 Å². The van der Waals surface area contributed by atoms with E-state index in [0.717, 1.165) is 36.6 Å². The third-order valence-electron chi connectivity index (χ3n) is 4.89. The normalized spacial score (nSPS) is 23.0. The molecule has 1 aliphatic carbocycles. The van der Waals surface area contributed by atoms with E-state index in [1.807, 2.05) is 13.0 Å². The van der Waals surface area contributed by atoms with E-state index in [0.29, 0.717) is 11.8 Å². The third-order valence-corrected chi connectivity index (χ3v) is 4.89. The van der Waals surface area contributed by atoms with Crippen molar-refractivity contribution >= 4 is 17.0 Å². The van der Waals surface area contributed by atoms with Gasteiger partial charge in [-0.05, 0) is 74.3 Å². The number of nitrogens with zero attached hydrogens (tertiary/aromatic N) is 2. The van der Waals surface area contributed by atoms with E-state index in [-0.39, 0.29) is 11.9 Å². The van der Waals surface area contributed by atoms with Gasteiger partial charge in [0, 0.05) is 11.6 Å². The van der Waals surface area contributed by atoms with Crippen LogP contribution in [0.5, 0.6) is 0 Å². The minimum Gasteiger partial charge on any atom is -0.256 e. The Morgan fingerprint density at radius 3 is 2.77 bits per heavy atom. The van der Waals surface area contributed by atoms with Gasteiger partial charge in [-0.15, -0.1) is 0 Å². The molecule has 0 bridgehead atoms. The molecule has 0 N–H and O–H groups in total. The molecule has 0 unspecified atom stereocenters. The van der Waals surface area contributed by atoms with Crippen LogP contribution >= 0.6 is 0 Å². The molecule has 1 aromatic heterocycles. The third kappa shape index (κ3) is 2.93. The Balaban J connectivity index is 1.82. The smallest absolute Gasteiger partial charge is 0.235 e. The molecule has 114 valence electrons. The molecule has 1 heterocycles. The number of hydrogen-bond donors (Lipinski definition) is 0. The highest BCUT2D eigenvalue weighted by Crippen LogP contribution is 2.39. The molecule has 3 nitrogen and oxygen atoms in total. The molecule has 1 fully saturated rings. The lowest BCUT2D eigenvalue weighted by Gasteiger charge is -2.30. The minimum absolute atomic E-state index is 0.0464. The highest BCUT2D eigenvalue weighted by atomic mass is 19.1. The van der Waals surface area contributed by atoms with Gasteiger partial charge in [0.15, 0.2) is 0 Å². The Labute approximate surface area is 129 Å². The first kappa shape index (κ1) is 14.9. The maximum absolute atomic E-state index is 13.6. The summed E-state index contributed by atoms with van der Waals surface area (Å²) < 4.78 is 13.6. The Kier molecular flexibility index (Phi) is 4.30. The number of fused-ring (bicyclic) bond motifs is 1. The summed E-state index contributed by atoms with van der Waals surface area (Å²) in [6.07, 6.45) is 7.63. The SMILES string of the molecule is C[C@@H](N=C=O)C1CCC(c2ccnc3ccc(F)cc23)CC1. The molecule has 0 spiro atoms. The number of isocyanates is 1. The lowest BCUT2D eigenvalue weighted by Crippen LogP contribution is -2.21. The Hall–Kier alpha value is -2.06. The number of pyridine rings is 1. The van der Waals surface area contributed by atoms with Crippen LogP contribution in [-0.2, 0) is 4.79 Å². The van der Waals surface area contributed by atoms with Gasteiger partial charge in [0.05, 0.1) is 11.6 Å². The zero-order valence-corrected chi connectivity index (χ0v) is 12.6. The number of hydrogen-bond acceptors (Lipinski definition) is 3. The molecular formula is C18H19FN2O. The van der Waals surface area contributed by atoms with Crippen LogP contribution in [0.2, 0.25) is 0 Å². The topological polar surface area (TPSA) is 42.3 Å². The van der Waals surface area contributed by atoms with E-state index < -0.39 is 0 Å². The second kappa shape index (κ2) is 6.37. The van der Waals surface area contributed by atoms with Crippen LogP contribution in [0.1, 0.15) is 44.1 Å². The van der Waals surface area contributed by atoms with E-state index in [1.165, 1.54) is 11.6 Å². The van der Waals surface area contributed by atoms with Crippen molar-refractivity contribution in [2.75, 3.05) is 0 Å².